The highest BCUT2D eigenvalue weighted by Gasteiger charge is 2.23. The van der Waals surface area contributed by atoms with Crippen molar-refractivity contribution in [1.82, 2.24) is 9.80 Å². The Bertz CT molecular complexity index is 731. The lowest BCUT2D eigenvalue weighted by Gasteiger charge is -2.36. The fourth-order valence-electron chi connectivity index (χ4n) is 2.99. The summed E-state index contributed by atoms with van der Waals surface area (Å²) in [6.45, 7) is 3.74. The van der Waals surface area contributed by atoms with Gasteiger partial charge in [-0.3, -0.25) is 9.69 Å². The van der Waals surface area contributed by atoms with Gasteiger partial charge in [-0.1, -0.05) is 12.1 Å². The molecule has 0 saturated carbocycles. The van der Waals surface area contributed by atoms with Gasteiger partial charge in [0, 0.05) is 37.6 Å². The van der Waals surface area contributed by atoms with E-state index in [0.29, 0.717) is 38.4 Å². The Labute approximate surface area is 160 Å². The topological polar surface area (TPSA) is 26.8 Å². The zero-order chi connectivity index (χ0) is 17.8. The highest BCUT2D eigenvalue weighted by atomic mass is 79.9. The maximum atomic E-state index is 13.9. The van der Waals surface area contributed by atoms with E-state index < -0.39 is 0 Å². The van der Waals surface area contributed by atoms with Crippen LogP contribution in [0, 0.1) is 5.82 Å². The standard InChI is InChI=1S/C18H21BrFN3OS/c1-21(12-14-6-7-17(19)25-14)13-18(24)23-10-8-22(9-11-23)16-5-3-2-4-15(16)20/h2-7H,8-13H2,1H3. The van der Waals surface area contributed by atoms with Crippen molar-refractivity contribution < 1.29 is 9.18 Å². The van der Waals surface area contributed by atoms with Crippen molar-refractivity contribution in [2.45, 2.75) is 6.54 Å². The van der Waals surface area contributed by atoms with E-state index in [1.165, 1.54) is 10.9 Å². The number of likely N-dealkylation sites (N-methyl/N-ethyl adjacent to an activating group) is 1. The van der Waals surface area contributed by atoms with E-state index in [0.717, 1.165) is 10.3 Å². The number of carbonyl (C=O) groups is 1. The van der Waals surface area contributed by atoms with Gasteiger partial charge in [-0.25, -0.2) is 4.39 Å². The van der Waals surface area contributed by atoms with Crippen LogP contribution in [0.3, 0.4) is 0 Å². The molecule has 25 heavy (non-hydrogen) atoms. The summed E-state index contributed by atoms with van der Waals surface area (Å²) in [6.07, 6.45) is 0. The largest absolute Gasteiger partial charge is 0.366 e. The number of hydrogen-bond acceptors (Lipinski definition) is 4. The van der Waals surface area contributed by atoms with Gasteiger partial charge in [-0.2, -0.15) is 0 Å². The highest BCUT2D eigenvalue weighted by molar-refractivity contribution is 9.11. The number of nitrogens with zero attached hydrogens (tertiary/aromatic N) is 3. The van der Waals surface area contributed by atoms with Crippen LogP contribution in [0.25, 0.3) is 0 Å². The smallest absolute Gasteiger partial charge is 0.236 e. The molecule has 7 heteroatoms. The van der Waals surface area contributed by atoms with E-state index in [9.17, 15) is 9.18 Å². The summed E-state index contributed by atoms with van der Waals surface area (Å²) in [5, 5.41) is 0. The average Bonchev–Trinajstić information content (AvgIpc) is 3.00. The molecular formula is C18H21BrFN3OS. The summed E-state index contributed by atoms with van der Waals surface area (Å²) in [5.74, 6) is -0.0737. The van der Waals surface area contributed by atoms with Crippen molar-refractivity contribution in [3.63, 3.8) is 0 Å². The van der Waals surface area contributed by atoms with E-state index in [2.05, 4.69) is 22.0 Å². The summed E-state index contributed by atoms with van der Waals surface area (Å²) in [5.41, 5.74) is 0.620. The van der Waals surface area contributed by atoms with Gasteiger partial charge in [0.15, 0.2) is 0 Å². The van der Waals surface area contributed by atoms with Crippen LogP contribution in [0.2, 0.25) is 0 Å². The Kier molecular flexibility index (Phi) is 6.09. The molecule has 0 spiro atoms. The molecule has 134 valence electrons. The second-order valence-electron chi connectivity index (χ2n) is 6.20. The van der Waals surface area contributed by atoms with Crippen molar-refractivity contribution in [2.75, 3.05) is 44.7 Å². The Balaban J connectivity index is 1.49. The van der Waals surface area contributed by atoms with Crippen molar-refractivity contribution in [3.8, 4) is 0 Å². The highest BCUT2D eigenvalue weighted by Crippen LogP contribution is 2.23. The fourth-order valence-corrected chi connectivity index (χ4v) is 4.56. The number of rotatable bonds is 5. The van der Waals surface area contributed by atoms with Crippen molar-refractivity contribution in [2.24, 2.45) is 0 Å². The van der Waals surface area contributed by atoms with Crippen LogP contribution in [-0.4, -0.2) is 55.5 Å². The number of hydrogen-bond donors (Lipinski definition) is 0. The maximum Gasteiger partial charge on any atom is 0.236 e. The summed E-state index contributed by atoms with van der Waals surface area (Å²) in [4.78, 5) is 19.6. The SMILES string of the molecule is CN(CC(=O)N1CCN(c2ccccc2F)CC1)Cc1ccc(Br)s1. The first kappa shape index (κ1) is 18.4. The molecule has 0 bridgehead atoms. The number of thiophene rings is 1. The van der Waals surface area contributed by atoms with Crippen LogP contribution in [0.5, 0.6) is 0 Å². The summed E-state index contributed by atoms with van der Waals surface area (Å²) in [7, 11) is 1.96. The monoisotopic (exact) mass is 425 g/mol. The number of carbonyl (C=O) groups excluding carboxylic acids is 1. The molecule has 1 aliphatic rings. The molecule has 0 unspecified atom stereocenters. The number of halogens is 2. The molecule has 0 aliphatic carbocycles. The minimum absolute atomic E-state index is 0.131. The molecule has 0 radical (unpaired) electrons. The minimum atomic E-state index is -0.205. The van der Waals surface area contributed by atoms with Crippen LogP contribution < -0.4 is 4.90 Å². The van der Waals surface area contributed by atoms with Crippen LogP contribution in [0.15, 0.2) is 40.2 Å². The molecule has 3 rings (SSSR count). The van der Waals surface area contributed by atoms with Crippen molar-refractivity contribution in [3.05, 3.63) is 50.9 Å². The number of piperazine rings is 1. The molecule has 1 aromatic heterocycles. The van der Waals surface area contributed by atoms with E-state index in [4.69, 9.17) is 0 Å². The number of benzene rings is 1. The van der Waals surface area contributed by atoms with Gasteiger partial charge in [0.2, 0.25) is 5.91 Å². The molecule has 1 amide bonds. The molecule has 1 aromatic carbocycles. The van der Waals surface area contributed by atoms with E-state index >= 15 is 0 Å². The predicted octanol–water partition coefficient (Wildman–Crippen LogP) is 3.43. The van der Waals surface area contributed by atoms with E-state index in [1.54, 1.807) is 23.5 Å². The average molecular weight is 426 g/mol. The van der Waals surface area contributed by atoms with Gasteiger partial charge in [-0.05, 0) is 47.2 Å². The third-order valence-electron chi connectivity index (χ3n) is 4.29. The summed E-state index contributed by atoms with van der Waals surface area (Å²) >= 11 is 5.14. The van der Waals surface area contributed by atoms with Gasteiger partial charge in [0.05, 0.1) is 16.0 Å². The second-order valence-corrected chi connectivity index (χ2v) is 8.74. The first-order valence-electron chi connectivity index (χ1n) is 8.23. The molecule has 0 atom stereocenters. The van der Waals surface area contributed by atoms with E-state index in [-0.39, 0.29) is 11.7 Å². The van der Waals surface area contributed by atoms with Gasteiger partial charge in [0.25, 0.3) is 0 Å². The molecule has 1 aliphatic heterocycles. The summed E-state index contributed by atoms with van der Waals surface area (Å²) in [6, 6.07) is 10.9. The van der Waals surface area contributed by atoms with Gasteiger partial charge < -0.3 is 9.80 Å². The Morgan fingerprint density at radius 2 is 1.92 bits per heavy atom. The Morgan fingerprint density at radius 3 is 2.56 bits per heavy atom. The quantitative estimate of drug-likeness (QED) is 0.733. The normalized spacial score (nSPS) is 15.0. The predicted molar refractivity (Wildman–Crippen MR) is 104 cm³/mol. The Hall–Kier alpha value is -1.44. The summed E-state index contributed by atoms with van der Waals surface area (Å²) < 4.78 is 15.0. The maximum absolute atomic E-state index is 13.9. The lowest BCUT2D eigenvalue weighted by Crippen LogP contribution is -2.51. The van der Waals surface area contributed by atoms with Crippen LogP contribution >= 0.6 is 27.3 Å². The minimum Gasteiger partial charge on any atom is -0.366 e. The van der Waals surface area contributed by atoms with Crippen molar-refractivity contribution in [1.29, 1.82) is 0 Å². The van der Waals surface area contributed by atoms with Crippen molar-refractivity contribution >= 4 is 38.9 Å². The molecule has 2 heterocycles. The van der Waals surface area contributed by atoms with Gasteiger partial charge in [-0.15, -0.1) is 11.3 Å². The Morgan fingerprint density at radius 1 is 1.20 bits per heavy atom. The number of para-hydroxylation sites is 1. The van der Waals surface area contributed by atoms with Gasteiger partial charge in [0.1, 0.15) is 5.82 Å². The van der Waals surface area contributed by atoms with Crippen LogP contribution in [0.4, 0.5) is 10.1 Å². The molecule has 0 N–H and O–H groups in total. The second kappa shape index (κ2) is 8.29. The lowest BCUT2D eigenvalue weighted by atomic mass is 10.2. The lowest BCUT2D eigenvalue weighted by molar-refractivity contribution is -0.132. The van der Waals surface area contributed by atoms with Crippen LogP contribution in [-0.2, 0) is 11.3 Å². The van der Waals surface area contributed by atoms with E-state index in [1.807, 2.05) is 33.9 Å². The zero-order valence-electron chi connectivity index (χ0n) is 14.1. The number of amides is 1. The molecule has 1 fully saturated rings. The molecular weight excluding hydrogens is 405 g/mol. The molecule has 4 nitrogen and oxygen atoms in total. The molecule has 2 aromatic rings. The van der Waals surface area contributed by atoms with Crippen LogP contribution in [0.1, 0.15) is 4.88 Å². The first-order valence-corrected chi connectivity index (χ1v) is 9.84. The first-order chi connectivity index (χ1) is 12.0. The third-order valence-corrected chi connectivity index (χ3v) is 5.89. The molecule has 1 saturated heterocycles. The zero-order valence-corrected chi connectivity index (χ0v) is 16.5. The third kappa shape index (κ3) is 4.80. The number of anilines is 1. The fraction of sp³-hybridized carbons (Fsp3) is 0.389. The van der Waals surface area contributed by atoms with Gasteiger partial charge >= 0.3 is 0 Å².